The van der Waals surface area contributed by atoms with Gasteiger partial charge in [0.2, 0.25) is 0 Å². The number of thiophene rings is 1. The maximum atomic E-state index is 5.80. The van der Waals surface area contributed by atoms with Crippen molar-refractivity contribution >= 4 is 11.3 Å². The van der Waals surface area contributed by atoms with E-state index in [4.69, 9.17) is 4.74 Å². The minimum atomic E-state index is 0.104. The van der Waals surface area contributed by atoms with Gasteiger partial charge in [-0.2, -0.15) is 0 Å². The number of hydrogen-bond donors (Lipinski definition) is 1. The molecule has 0 amide bonds. The predicted molar refractivity (Wildman–Crippen MR) is 89.6 cm³/mol. The van der Waals surface area contributed by atoms with Gasteiger partial charge < -0.3 is 10.1 Å². The molecule has 0 bridgehead atoms. The van der Waals surface area contributed by atoms with E-state index in [1.54, 1.807) is 0 Å². The molecule has 21 heavy (non-hydrogen) atoms. The van der Waals surface area contributed by atoms with Gasteiger partial charge in [0.1, 0.15) is 5.75 Å². The van der Waals surface area contributed by atoms with Crippen molar-refractivity contribution in [2.24, 2.45) is 0 Å². The summed E-state index contributed by atoms with van der Waals surface area (Å²) in [6.07, 6.45) is 1.08. The van der Waals surface area contributed by atoms with Gasteiger partial charge in [0, 0.05) is 15.9 Å². The lowest BCUT2D eigenvalue weighted by molar-refractivity contribution is 0.291. The summed E-state index contributed by atoms with van der Waals surface area (Å²) >= 11 is 1.84. The van der Waals surface area contributed by atoms with Gasteiger partial charge in [0.15, 0.2) is 0 Å². The van der Waals surface area contributed by atoms with Crippen molar-refractivity contribution in [2.45, 2.75) is 38.6 Å². The second-order valence-corrected chi connectivity index (χ2v) is 7.26. The SMILES string of the molecule is CCc1ccsc1C(NC)c1ccc2c(c1)C(C)(C)CO2. The molecule has 2 nitrogen and oxygen atoms in total. The van der Waals surface area contributed by atoms with Gasteiger partial charge in [0.25, 0.3) is 0 Å². The zero-order chi connectivity index (χ0) is 15.0. The number of nitrogens with one attached hydrogen (secondary N) is 1. The Morgan fingerprint density at radius 1 is 1.33 bits per heavy atom. The van der Waals surface area contributed by atoms with Crippen molar-refractivity contribution in [1.29, 1.82) is 0 Å². The lowest BCUT2D eigenvalue weighted by atomic mass is 9.85. The topological polar surface area (TPSA) is 21.3 Å². The molecule has 1 aliphatic rings. The molecule has 1 aromatic carbocycles. The minimum Gasteiger partial charge on any atom is -0.492 e. The van der Waals surface area contributed by atoms with Crippen LogP contribution in [-0.2, 0) is 11.8 Å². The summed E-state index contributed by atoms with van der Waals surface area (Å²) in [5, 5.41) is 5.68. The zero-order valence-corrected chi connectivity index (χ0v) is 14.0. The third kappa shape index (κ3) is 2.49. The Kier molecular flexibility index (Phi) is 3.80. The van der Waals surface area contributed by atoms with E-state index in [-0.39, 0.29) is 11.5 Å². The summed E-state index contributed by atoms with van der Waals surface area (Å²) < 4.78 is 5.80. The monoisotopic (exact) mass is 301 g/mol. The summed E-state index contributed by atoms with van der Waals surface area (Å²) in [5.41, 5.74) is 4.20. The molecule has 0 saturated carbocycles. The average molecular weight is 301 g/mol. The highest BCUT2D eigenvalue weighted by Crippen LogP contribution is 2.41. The van der Waals surface area contributed by atoms with E-state index < -0.39 is 0 Å². The van der Waals surface area contributed by atoms with Crippen LogP contribution in [0.3, 0.4) is 0 Å². The van der Waals surface area contributed by atoms with Crippen LogP contribution >= 0.6 is 11.3 Å². The van der Waals surface area contributed by atoms with Crippen LogP contribution in [0, 0.1) is 0 Å². The first-order valence-electron chi connectivity index (χ1n) is 7.57. The van der Waals surface area contributed by atoms with Gasteiger partial charge in [-0.15, -0.1) is 11.3 Å². The molecule has 0 radical (unpaired) electrons. The van der Waals surface area contributed by atoms with Gasteiger partial charge in [0.05, 0.1) is 12.6 Å². The molecule has 1 aliphatic heterocycles. The lowest BCUT2D eigenvalue weighted by Crippen LogP contribution is -2.20. The zero-order valence-electron chi connectivity index (χ0n) is 13.2. The molecule has 3 heteroatoms. The quantitative estimate of drug-likeness (QED) is 0.909. The molecule has 0 saturated heterocycles. The van der Waals surface area contributed by atoms with E-state index in [1.807, 2.05) is 18.4 Å². The Hall–Kier alpha value is -1.32. The number of aryl methyl sites for hydroxylation is 1. The van der Waals surface area contributed by atoms with Crippen molar-refractivity contribution in [3.63, 3.8) is 0 Å². The molecule has 0 aliphatic carbocycles. The van der Waals surface area contributed by atoms with E-state index in [0.717, 1.165) is 18.8 Å². The van der Waals surface area contributed by atoms with Crippen molar-refractivity contribution in [3.8, 4) is 5.75 Å². The fourth-order valence-electron chi connectivity index (χ4n) is 3.06. The second kappa shape index (κ2) is 5.47. The number of hydrogen-bond acceptors (Lipinski definition) is 3. The fourth-order valence-corrected chi connectivity index (χ4v) is 4.19. The van der Waals surface area contributed by atoms with Crippen LogP contribution < -0.4 is 10.1 Å². The van der Waals surface area contributed by atoms with E-state index in [9.17, 15) is 0 Å². The standard InChI is InChI=1S/C18H23NOS/c1-5-12-8-9-21-17(12)16(19-4)13-6-7-15-14(10-13)18(2,3)11-20-15/h6-10,16,19H,5,11H2,1-4H3. The molecule has 112 valence electrons. The highest BCUT2D eigenvalue weighted by molar-refractivity contribution is 7.10. The lowest BCUT2D eigenvalue weighted by Gasteiger charge is -2.20. The van der Waals surface area contributed by atoms with E-state index in [2.05, 4.69) is 55.7 Å². The molecule has 1 unspecified atom stereocenters. The summed E-state index contributed by atoms with van der Waals surface area (Å²) in [6.45, 7) is 7.49. The van der Waals surface area contributed by atoms with Gasteiger partial charge in [-0.1, -0.05) is 26.8 Å². The Morgan fingerprint density at radius 3 is 2.86 bits per heavy atom. The summed E-state index contributed by atoms with van der Waals surface area (Å²) in [5.74, 6) is 1.04. The summed E-state index contributed by atoms with van der Waals surface area (Å²) in [6, 6.07) is 9.15. The van der Waals surface area contributed by atoms with Crippen LogP contribution in [0.25, 0.3) is 0 Å². The van der Waals surface area contributed by atoms with Gasteiger partial charge in [-0.05, 0) is 48.2 Å². The predicted octanol–water partition coefficient (Wildman–Crippen LogP) is 4.29. The van der Waals surface area contributed by atoms with Crippen molar-refractivity contribution < 1.29 is 4.74 Å². The highest BCUT2D eigenvalue weighted by atomic mass is 32.1. The van der Waals surface area contributed by atoms with Crippen molar-refractivity contribution in [1.82, 2.24) is 5.32 Å². The Labute approximate surface area is 131 Å². The third-order valence-electron chi connectivity index (χ3n) is 4.37. The molecule has 0 fully saturated rings. The van der Waals surface area contributed by atoms with Crippen LogP contribution in [0.2, 0.25) is 0 Å². The molecular weight excluding hydrogens is 278 g/mol. The van der Waals surface area contributed by atoms with Crippen molar-refractivity contribution in [3.05, 3.63) is 51.2 Å². The maximum Gasteiger partial charge on any atom is 0.123 e. The Morgan fingerprint density at radius 2 is 2.14 bits per heavy atom. The second-order valence-electron chi connectivity index (χ2n) is 6.31. The van der Waals surface area contributed by atoms with Crippen LogP contribution in [-0.4, -0.2) is 13.7 Å². The average Bonchev–Trinajstić information content (AvgIpc) is 3.05. The fraction of sp³-hybridized carbons (Fsp3) is 0.444. The number of rotatable bonds is 4. The number of ether oxygens (including phenoxy) is 1. The molecular formula is C18H23NOS. The van der Waals surface area contributed by atoms with Crippen molar-refractivity contribution in [2.75, 3.05) is 13.7 Å². The maximum absolute atomic E-state index is 5.80. The van der Waals surface area contributed by atoms with E-state index in [1.165, 1.54) is 21.6 Å². The third-order valence-corrected chi connectivity index (χ3v) is 5.39. The Bertz CT molecular complexity index is 644. The van der Waals surface area contributed by atoms with Gasteiger partial charge in [-0.25, -0.2) is 0 Å². The minimum absolute atomic E-state index is 0.104. The normalized spacial score (nSPS) is 17.3. The smallest absolute Gasteiger partial charge is 0.123 e. The molecule has 2 aromatic rings. The van der Waals surface area contributed by atoms with Crippen LogP contribution in [0.4, 0.5) is 0 Å². The van der Waals surface area contributed by atoms with Crippen LogP contribution in [0.15, 0.2) is 29.6 Å². The largest absolute Gasteiger partial charge is 0.492 e. The molecule has 1 N–H and O–H groups in total. The molecule has 0 spiro atoms. The summed E-state index contributed by atoms with van der Waals surface area (Å²) in [4.78, 5) is 1.43. The highest BCUT2D eigenvalue weighted by Gasteiger charge is 2.32. The molecule has 2 heterocycles. The van der Waals surface area contributed by atoms with Crippen LogP contribution in [0.1, 0.15) is 48.4 Å². The summed E-state index contributed by atoms with van der Waals surface area (Å²) in [7, 11) is 2.04. The van der Waals surface area contributed by atoms with E-state index >= 15 is 0 Å². The first-order valence-corrected chi connectivity index (χ1v) is 8.45. The van der Waals surface area contributed by atoms with Gasteiger partial charge >= 0.3 is 0 Å². The van der Waals surface area contributed by atoms with Gasteiger partial charge in [-0.3, -0.25) is 0 Å². The first-order chi connectivity index (χ1) is 10.1. The number of fused-ring (bicyclic) bond motifs is 1. The first kappa shape index (κ1) is 14.6. The van der Waals surface area contributed by atoms with Crippen LogP contribution in [0.5, 0.6) is 5.75 Å². The molecule has 1 aromatic heterocycles. The Balaban J connectivity index is 2.03. The number of benzene rings is 1. The molecule has 1 atom stereocenters. The molecule has 3 rings (SSSR count). The van der Waals surface area contributed by atoms with E-state index in [0.29, 0.717) is 0 Å².